The molecule has 1 unspecified atom stereocenters. The van der Waals surface area contributed by atoms with Gasteiger partial charge in [0.05, 0.1) is 5.69 Å². The quantitative estimate of drug-likeness (QED) is 0.183. The zero-order valence-electron chi connectivity index (χ0n) is 26.9. The number of nitrogens with one attached hydrogen (secondary N) is 1. The van der Waals surface area contributed by atoms with Gasteiger partial charge >= 0.3 is 12.4 Å². The Kier molecular flexibility index (Phi) is 10.9. The first-order valence-electron chi connectivity index (χ1n) is 15.7. The van der Waals surface area contributed by atoms with E-state index < -0.39 is 6.36 Å². The average Bonchev–Trinajstić information content (AvgIpc) is 3.51. The minimum absolute atomic E-state index is 0.0272. The SMILES string of the molecule is Cc1ccc(C(C)C)c(N2CCCS/C2=N\C(=O)NC(C)CCCc2ccc(-c3ncn(-c4ccc(OC(F)(F)F)cc4)n3)cc2)c1. The van der Waals surface area contributed by atoms with Gasteiger partial charge in [0.15, 0.2) is 11.0 Å². The summed E-state index contributed by atoms with van der Waals surface area (Å²) in [6.45, 7) is 9.30. The van der Waals surface area contributed by atoms with Crippen molar-refractivity contribution >= 4 is 28.6 Å². The van der Waals surface area contributed by atoms with Gasteiger partial charge < -0.3 is 15.0 Å². The molecule has 1 N–H and O–H groups in total. The number of carbonyl (C=O) groups is 1. The fourth-order valence-electron chi connectivity index (χ4n) is 5.41. The Balaban J connectivity index is 1.12. The fourth-order valence-corrected chi connectivity index (χ4v) is 6.36. The number of urea groups is 1. The lowest BCUT2D eigenvalue weighted by molar-refractivity contribution is -0.274. The maximum atomic E-state index is 12.9. The number of hydrogen-bond donors (Lipinski definition) is 1. The van der Waals surface area contributed by atoms with Gasteiger partial charge in [0.1, 0.15) is 12.1 Å². The van der Waals surface area contributed by atoms with Crippen LogP contribution in [0.25, 0.3) is 17.1 Å². The maximum absolute atomic E-state index is 12.9. The van der Waals surface area contributed by atoms with Crippen LogP contribution in [0.15, 0.2) is 78.0 Å². The lowest BCUT2D eigenvalue weighted by atomic mass is 9.98. The van der Waals surface area contributed by atoms with Crippen LogP contribution >= 0.6 is 11.8 Å². The van der Waals surface area contributed by atoms with Crippen LogP contribution in [-0.4, -0.2) is 50.7 Å². The largest absolute Gasteiger partial charge is 0.573 e. The molecule has 12 heteroatoms. The predicted molar refractivity (Wildman–Crippen MR) is 182 cm³/mol. The van der Waals surface area contributed by atoms with E-state index in [1.807, 2.05) is 31.2 Å². The number of amides is 2. The molecule has 0 spiro atoms. The van der Waals surface area contributed by atoms with Crippen molar-refractivity contribution in [3.8, 4) is 22.8 Å². The van der Waals surface area contributed by atoms with E-state index in [0.717, 1.165) is 60.0 Å². The van der Waals surface area contributed by atoms with Crippen LogP contribution in [0, 0.1) is 6.92 Å². The molecule has 4 aromatic rings. The third-order valence-corrected chi connectivity index (χ3v) is 8.86. The molecular formula is C35H39F3N6O2S. The zero-order chi connectivity index (χ0) is 33.6. The Morgan fingerprint density at radius 3 is 2.51 bits per heavy atom. The minimum atomic E-state index is -4.74. The lowest BCUT2D eigenvalue weighted by Crippen LogP contribution is -2.37. The Bertz CT molecular complexity index is 1690. The van der Waals surface area contributed by atoms with E-state index in [2.05, 4.69) is 69.0 Å². The van der Waals surface area contributed by atoms with Gasteiger partial charge in [0, 0.05) is 29.6 Å². The molecule has 0 bridgehead atoms. The summed E-state index contributed by atoms with van der Waals surface area (Å²) in [7, 11) is 0. The highest BCUT2D eigenvalue weighted by molar-refractivity contribution is 8.14. The van der Waals surface area contributed by atoms with Gasteiger partial charge in [-0.1, -0.05) is 62.0 Å². The van der Waals surface area contributed by atoms with E-state index in [1.54, 1.807) is 11.8 Å². The van der Waals surface area contributed by atoms with Crippen LogP contribution in [0.5, 0.6) is 5.75 Å². The van der Waals surface area contributed by atoms with Gasteiger partial charge in [0.2, 0.25) is 0 Å². The molecular weight excluding hydrogens is 625 g/mol. The molecule has 1 saturated heterocycles. The highest BCUT2D eigenvalue weighted by atomic mass is 32.2. The molecule has 248 valence electrons. The molecule has 2 amide bonds. The summed E-state index contributed by atoms with van der Waals surface area (Å²) in [4.78, 5) is 24.0. The van der Waals surface area contributed by atoms with Crippen molar-refractivity contribution in [1.82, 2.24) is 20.1 Å². The fraction of sp³-hybridized carbons (Fsp3) is 0.371. The van der Waals surface area contributed by atoms with Crippen LogP contribution in [0.4, 0.5) is 23.7 Å². The van der Waals surface area contributed by atoms with E-state index in [0.29, 0.717) is 17.4 Å². The van der Waals surface area contributed by atoms with Crippen LogP contribution in [0.3, 0.4) is 0 Å². The van der Waals surface area contributed by atoms with Crippen LogP contribution in [-0.2, 0) is 6.42 Å². The summed E-state index contributed by atoms with van der Waals surface area (Å²) in [5.74, 6) is 1.51. The number of aliphatic imine (C=N–C) groups is 1. The predicted octanol–water partition coefficient (Wildman–Crippen LogP) is 8.69. The molecule has 2 heterocycles. The second kappa shape index (κ2) is 15.1. The van der Waals surface area contributed by atoms with Gasteiger partial charge in [-0.2, -0.15) is 4.99 Å². The molecule has 1 atom stereocenters. The Morgan fingerprint density at radius 2 is 1.81 bits per heavy atom. The van der Waals surface area contributed by atoms with E-state index >= 15 is 0 Å². The van der Waals surface area contributed by atoms with Gasteiger partial charge in [0.25, 0.3) is 0 Å². The number of benzene rings is 3. The van der Waals surface area contributed by atoms with Crippen molar-refractivity contribution in [2.24, 2.45) is 4.99 Å². The summed E-state index contributed by atoms with van der Waals surface area (Å²) in [5, 5.41) is 8.27. The number of amidine groups is 1. The molecule has 5 rings (SSSR count). The van der Waals surface area contributed by atoms with Crippen molar-refractivity contribution in [2.75, 3.05) is 17.2 Å². The molecule has 3 aromatic carbocycles. The first kappa shape index (κ1) is 34.0. The summed E-state index contributed by atoms with van der Waals surface area (Å²) >= 11 is 1.63. The molecule has 0 saturated carbocycles. The number of aromatic nitrogens is 3. The monoisotopic (exact) mass is 664 g/mol. The topological polar surface area (TPSA) is 84.6 Å². The summed E-state index contributed by atoms with van der Waals surface area (Å²) in [6.07, 6.45) is 0.353. The second-order valence-corrected chi connectivity index (χ2v) is 13.0. The Labute approximate surface area is 277 Å². The average molecular weight is 665 g/mol. The van der Waals surface area contributed by atoms with Crippen molar-refractivity contribution in [3.63, 3.8) is 0 Å². The summed E-state index contributed by atoms with van der Waals surface area (Å²) in [6, 6.07) is 19.5. The van der Waals surface area contributed by atoms with E-state index in [1.165, 1.54) is 46.4 Å². The first-order valence-corrected chi connectivity index (χ1v) is 16.7. The molecule has 1 aliphatic rings. The van der Waals surface area contributed by atoms with Crippen LogP contribution in [0.2, 0.25) is 0 Å². The number of hydrogen-bond acceptors (Lipinski definition) is 5. The van der Waals surface area contributed by atoms with Gasteiger partial charge in [-0.25, -0.2) is 14.5 Å². The molecule has 47 heavy (non-hydrogen) atoms. The third-order valence-electron chi connectivity index (χ3n) is 7.80. The summed E-state index contributed by atoms with van der Waals surface area (Å²) < 4.78 is 42.7. The molecule has 1 fully saturated rings. The number of carbonyl (C=O) groups excluding carboxylic acids is 1. The maximum Gasteiger partial charge on any atom is 0.573 e. The van der Waals surface area contributed by atoms with Crippen molar-refractivity contribution in [2.45, 2.75) is 71.7 Å². The van der Waals surface area contributed by atoms with Crippen molar-refractivity contribution in [1.29, 1.82) is 0 Å². The second-order valence-electron chi connectivity index (χ2n) is 12.0. The van der Waals surface area contributed by atoms with Crippen molar-refractivity contribution in [3.05, 3.63) is 89.7 Å². The highest BCUT2D eigenvalue weighted by Crippen LogP contribution is 2.33. The molecule has 8 nitrogen and oxygen atoms in total. The number of thioether (sulfide) groups is 1. The number of nitrogens with zero attached hydrogens (tertiary/aromatic N) is 5. The Morgan fingerprint density at radius 1 is 1.06 bits per heavy atom. The summed E-state index contributed by atoms with van der Waals surface area (Å²) in [5.41, 5.74) is 6.11. The van der Waals surface area contributed by atoms with Gasteiger partial charge in [-0.3, -0.25) is 0 Å². The molecule has 0 radical (unpaired) electrons. The number of aryl methyl sites for hydroxylation is 2. The van der Waals surface area contributed by atoms with Gasteiger partial charge in [-0.15, -0.1) is 18.3 Å². The number of alkyl halides is 3. The minimum Gasteiger partial charge on any atom is -0.406 e. The lowest BCUT2D eigenvalue weighted by Gasteiger charge is -2.32. The number of ether oxygens (including phenoxy) is 1. The van der Waals surface area contributed by atoms with Crippen LogP contribution < -0.4 is 15.0 Å². The number of rotatable bonds is 10. The number of halogens is 3. The van der Waals surface area contributed by atoms with Crippen LogP contribution in [0.1, 0.15) is 62.6 Å². The van der Waals surface area contributed by atoms with E-state index in [4.69, 9.17) is 0 Å². The standard InChI is InChI=1S/C35H39F3N6O2S/c1-23(2)30-18-9-24(3)21-31(30)43-19-6-20-47-34(43)41-33(45)40-25(4)7-5-8-26-10-12-27(13-11-26)32-39-22-44(42-32)28-14-16-29(17-15-28)46-35(36,37)38/h9-18,21-23,25H,5-8,19-20H2,1-4H3,(H,40,45)/b41-34-. The van der Waals surface area contributed by atoms with Crippen molar-refractivity contribution < 1.29 is 22.7 Å². The first-order chi connectivity index (χ1) is 22.4. The zero-order valence-corrected chi connectivity index (χ0v) is 27.7. The number of anilines is 1. The highest BCUT2D eigenvalue weighted by Gasteiger charge is 2.31. The Hall–Kier alpha value is -4.32. The normalized spacial score (nSPS) is 15.2. The van der Waals surface area contributed by atoms with Gasteiger partial charge in [-0.05, 0) is 92.5 Å². The molecule has 1 aromatic heterocycles. The molecule has 0 aliphatic carbocycles. The smallest absolute Gasteiger partial charge is 0.406 e. The molecule has 1 aliphatic heterocycles. The van der Waals surface area contributed by atoms with E-state index in [9.17, 15) is 18.0 Å². The van der Waals surface area contributed by atoms with E-state index in [-0.39, 0.29) is 17.8 Å². The third kappa shape index (κ3) is 9.37.